The van der Waals surface area contributed by atoms with Gasteiger partial charge >= 0.3 is 0 Å². The Morgan fingerprint density at radius 1 is 1.39 bits per heavy atom. The zero-order valence-corrected chi connectivity index (χ0v) is 12.3. The van der Waals surface area contributed by atoms with Gasteiger partial charge in [-0.1, -0.05) is 0 Å². The van der Waals surface area contributed by atoms with E-state index in [0.29, 0.717) is 17.8 Å². The van der Waals surface area contributed by atoms with Gasteiger partial charge in [-0.05, 0) is 41.3 Å². The van der Waals surface area contributed by atoms with Gasteiger partial charge in [0, 0.05) is 25.2 Å². The number of rotatable bonds is 1. The van der Waals surface area contributed by atoms with Gasteiger partial charge in [0.05, 0.1) is 10.7 Å². The summed E-state index contributed by atoms with van der Waals surface area (Å²) in [5, 5.41) is 3.56. The van der Waals surface area contributed by atoms with Crippen LogP contribution in [0.4, 0.5) is 0 Å². The van der Waals surface area contributed by atoms with E-state index in [1.165, 1.54) is 12.8 Å². The molecule has 0 aromatic carbocycles. The van der Waals surface area contributed by atoms with Gasteiger partial charge < -0.3 is 14.6 Å². The topological polar surface area (TPSA) is 45.5 Å². The van der Waals surface area contributed by atoms with E-state index >= 15 is 0 Å². The number of hydrogen-bond acceptors (Lipinski definition) is 3. The Labute approximate surface area is 121 Å². The molecule has 2 aliphatic heterocycles. The summed E-state index contributed by atoms with van der Waals surface area (Å²) in [7, 11) is 0. The molecule has 18 heavy (non-hydrogen) atoms. The number of halogens is 2. The second-order valence-corrected chi connectivity index (χ2v) is 5.63. The highest BCUT2D eigenvalue weighted by Crippen LogP contribution is 2.24. The Morgan fingerprint density at radius 3 is 2.89 bits per heavy atom. The Kier molecular flexibility index (Phi) is 4.35. The molecule has 2 unspecified atom stereocenters. The largest absolute Gasteiger partial charge is 0.458 e. The first kappa shape index (κ1) is 13.9. The van der Waals surface area contributed by atoms with Crippen molar-refractivity contribution in [2.45, 2.75) is 31.3 Å². The lowest BCUT2D eigenvalue weighted by Crippen LogP contribution is -2.39. The Bertz CT molecular complexity index is 437. The van der Waals surface area contributed by atoms with Crippen LogP contribution in [0.2, 0.25) is 0 Å². The van der Waals surface area contributed by atoms with Gasteiger partial charge in [-0.25, -0.2) is 0 Å². The standard InChI is InChI=1S/C12H15BrN2O2.ClH/c13-10-4-6-17-11(10)12(16)15-5-3-8-1-2-9(7-15)14-8;/h4,6,8-9,14H,1-3,5,7H2;1H. The molecule has 0 aliphatic carbocycles. The van der Waals surface area contributed by atoms with Crippen LogP contribution in [0.5, 0.6) is 0 Å². The third-order valence-electron chi connectivity index (χ3n) is 3.62. The normalized spacial score (nSPS) is 26.6. The van der Waals surface area contributed by atoms with Crippen molar-refractivity contribution in [2.75, 3.05) is 13.1 Å². The quantitative estimate of drug-likeness (QED) is 0.857. The smallest absolute Gasteiger partial charge is 0.290 e. The maximum atomic E-state index is 12.3. The van der Waals surface area contributed by atoms with Crippen LogP contribution in [-0.4, -0.2) is 36.0 Å². The van der Waals surface area contributed by atoms with E-state index < -0.39 is 0 Å². The molecule has 1 N–H and O–H groups in total. The summed E-state index contributed by atoms with van der Waals surface area (Å²) in [6, 6.07) is 2.81. The minimum Gasteiger partial charge on any atom is -0.458 e. The van der Waals surface area contributed by atoms with Crippen LogP contribution in [0.15, 0.2) is 21.2 Å². The zero-order valence-electron chi connectivity index (χ0n) is 9.89. The monoisotopic (exact) mass is 334 g/mol. The van der Waals surface area contributed by atoms with Gasteiger partial charge in [0.1, 0.15) is 0 Å². The van der Waals surface area contributed by atoms with Crippen molar-refractivity contribution < 1.29 is 9.21 Å². The SMILES string of the molecule is Cl.O=C(c1occc1Br)N1CCC2CCC(C1)N2. The molecular weight excluding hydrogens is 320 g/mol. The first-order chi connectivity index (χ1) is 8.24. The minimum atomic E-state index is -0.00350. The molecule has 2 saturated heterocycles. The highest BCUT2D eigenvalue weighted by atomic mass is 79.9. The summed E-state index contributed by atoms with van der Waals surface area (Å²) in [5.41, 5.74) is 0. The molecule has 2 aliphatic rings. The molecule has 6 heteroatoms. The summed E-state index contributed by atoms with van der Waals surface area (Å²) >= 11 is 3.34. The van der Waals surface area contributed by atoms with Crippen molar-refractivity contribution in [1.29, 1.82) is 0 Å². The fourth-order valence-corrected chi connectivity index (χ4v) is 3.09. The van der Waals surface area contributed by atoms with E-state index in [4.69, 9.17) is 4.42 Å². The van der Waals surface area contributed by atoms with Gasteiger partial charge in [0.15, 0.2) is 0 Å². The molecule has 2 bridgehead atoms. The van der Waals surface area contributed by atoms with Crippen molar-refractivity contribution in [3.05, 3.63) is 22.6 Å². The Morgan fingerprint density at radius 2 is 2.17 bits per heavy atom. The molecular formula is C12H16BrClN2O2. The van der Waals surface area contributed by atoms with Gasteiger partial charge in [0.2, 0.25) is 5.76 Å². The van der Waals surface area contributed by atoms with Gasteiger partial charge in [-0.15, -0.1) is 12.4 Å². The van der Waals surface area contributed by atoms with Gasteiger partial charge in [-0.2, -0.15) is 0 Å². The van der Waals surface area contributed by atoms with E-state index in [2.05, 4.69) is 21.2 Å². The third-order valence-corrected chi connectivity index (χ3v) is 4.25. The molecule has 100 valence electrons. The second kappa shape index (κ2) is 5.63. The van der Waals surface area contributed by atoms with Crippen LogP contribution >= 0.6 is 28.3 Å². The Hall–Kier alpha value is -0.520. The highest BCUT2D eigenvalue weighted by Gasteiger charge is 2.32. The second-order valence-electron chi connectivity index (χ2n) is 4.78. The fourth-order valence-electron chi connectivity index (χ4n) is 2.72. The highest BCUT2D eigenvalue weighted by molar-refractivity contribution is 9.10. The molecule has 3 heterocycles. The van der Waals surface area contributed by atoms with Gasteiger partial charge in [-0.3, -0.25) is 4.79 Å². The average Bonchev–Trinajstić information content (AvgIpc) is 2.84. The number of likely N-dealkylation sites (tertiary alicyclic amines) is 1. The molecule has 0 saturated carbocycles. The van der Waals surface area contributed by atoms with E-state index in [0.717, 1.165) is 24.0 Å². The Balaban J connectivity index is 0.00000120. The molecule has 1 aromatic heterocycles. The number of carbonyl (C=O) groups excluding carboxylic acids is 1. The number of fused-ring (bicyclic) bond motifs is 2. The van der Waals surface area contributed by atoms with Crippen molar-refractivity contribution in [2.24, 2.45) is 0 Å². The first-order valence-electron chi connectivity index (χ1n) is 6.02. The maximum absolute atomic E-state index is 12.3. The van der Waals surface area contributed by atoms with Crippen molar-refractivity contribution >= 4 is 34.2 Å². The summed E-state index contributed by atoms with van der Waals surface area (Å²) in [5.74, 6) is 0.416. The molecule has 1 aromatic rings. The lowest BCUT2D eigenvalue weighted by molar-refractivity contribution is 0.0715. The number of nitrogens with zero attached hydrogens (tertiary/aromatic N) is 1. The van der Waals surface area contributed by atoms with Crippen LogP contribution in [0, 0.1) is 0 Å². The minimum absolute atomic E-state index is 0. The molecule has 2 fully saturated rings. The lowest BCUT2D eigenvalue weighted by Gasteiger charge is -2.23. The average molecular weight is 336 g/mol. The number of amides is 1. The zero-order chi connectivity index (χ0) is 11.8. The predicted octanol–water partition coefficient (Wildman–Crippen LogP) is 2.43. The van der Waals surface area contributed by atoms with Gasteiger partial charge in [0.25, 0.3) is 5.91 Å². The van der Waals surface area contributed by atoms with E-state index in [1.807, 2.05) is 4.90 Å². The van der Waals surface area contributed by atoms with Crippen molar-refractivity contribution in [3.8, 4) is 0 Å². The molecule has 3 rings (SSSR count). The number of nitrogens with one attached hydrogen (secondary N) is 1. The van der Waals surface area contributed by atoms with E-state index in [9.17, 15) is 4.79 Å². The third kappa shape index (κ3) is 2.58. The summed E-state index contributed by atoms with van der Waals surface area (Å²) < 4.78 is 5.98. The summed E-state index contributed by atoms with van der Waals surface area (Å²) in [4.78, 5) is 14.2. The molecule has 4 nitrogen and oxygen atoms in total. The molecule has 2 atom stereocenters. The van der Waals surface area contributed by atoms with Crippen LogP contribution < -0.4 is 5.32 Å². The maximum Gasteiger partial charge on any atom is 0.290 e. The first-order valence-corrected chi connectivity index (χ1v) is 6.81. The molecule has 0 radical (unpaired) electrons. The van der Waals surface area contributed by atoms with Crippen LogP contribution in [0.3, 0.4) is 0 Å². The van der Waals surface area contributed by atoms with Crippen molar-refractivity contribution in [3.63, 3.8) is 0 Å². The van der Waals surface area contributed by atoms with Crippen LogP contribution in [0.25, 0.3) is 0 Å². The number of hydrogen-bond donors (Lipinski definition) is 1. The van der Waals surface area contributed by atoms with E-state index in [1.54, 1.807) is 12.3 Å². The van der Waals surface area contributed by atoms with Crippen LogP contribution in [-0.2, 0) is 0 Å². The van der Waals surface area contributed by atoms with Crippen LogP contribution in [0.1, 0.15) is 29.8 Å². The fraction of sp³-hybridized carbons (Fsp3) is 0.583. The number of carbonyl (C=O) groups is 1. The number of furan rings is 1. The van der Waals surface area contributed by atoms with Crippen molar-refractivity contribution in [1.82, 2.24) is 10.2 Å². The molecule has 0 spiro atoms. The molecule has 1 amide bonds. The predicted molar refractivity (Wildman–Crippen MR) is 74.1 cm³/mol. The van der Waals surface area contributed by atoms with E-state index in [-0.39, 0.29) is 18.3 Å². The summed E-state index contributed by atoms with van der Waals surface area (Å²) in [6.07, 6.45) is 5.00. The summed E-state index contributed by atoms with van der Waals surface area (Å²) in [6.45, 7) is 1.61. The lowest BCUT2D eigenvalue weighted by atomic mass is 10.1.